The molecule has 1 N–H and O–H groups in total. The Labute approximate surface area is 106 Å². The average molecular weight is 242 g/mol. The molecule has 1 aliphatic rings. The average Bonchev–Trinajstić information content (AvgIpc) is 2.33. The highest BCUT2D eigenvalue weighted by Gasteiger charge is 2.38. The Morgan fingerprint density at radius 2 is 2.28 bits per heavy atom. The van der Waals surface area contributed by atoms with Gasteiger partial charge in [-0.3, -0.25) is 4.79 Å². The number of β-amino-alcohol motifs (C(OH)–C–C–N with tert-alkyl or cyclic N) is 1. The van der Waals surface area contributed by atoms with Crippen molar-refractivity contribution in [3.05, 3.63) is 41.5 Å². The Balaban J connectivity index is 1.99. The first-order chi connectivity index (χ1) is 8.50. The van der Waals surface area contributed by atoms with Crippen LogP contribution in [-0.2, 0) is 4.79 Å². The quantitative estimate of drug-likeness (QED) is 0.792. The molecule has 0 aliphatic carbocycles. The van der Waals surface area contributed by atoms with E-state index in [2.05, 4.69) is 0 Å². The lowest BCUT2D eigenvalue weighted by Gasteiger charge is -2.43. The van der Waals surface area contributed by atoms with Gasteiger partial charge in [0.05, 0.1) is 30.3 Å². The van der Waals surface area contributed by atoms with Crippen molar-refractivity contribution in [2.45, 2.75) is 12.5 Å². The van der Waals surface area contributed by atoms with Crippen molar-refractivity contribution in [1.29, 1.82) is 5.26 Å². The minimum Gasteiger partial charge on any atom is -0.386 e. The number of hydrogen-bond acceptors (Lipinski definition) is 3. The zero-order chi connectivity index (χ0) is 13.2. The second kappa shape index (κ2) is 4.63. The molecule has 0 aromatic heterocycles. The highest BCUT2D eigenvalue weighted by atomic mass is 16.3. The number of nitrogens with zero attached hydrogens (tertiary/aromatic N) is 2. The summed E-state index contributed by atoms with van der Waals surface area (Å²) in [7, 11) is 0. The van der Waals surface area contributed by atoms with Gasteiger partial charge in [-0.2, -0.15) is 5.26 Å². The number of hydrogen-bond donors (Lipinski definition) is 1. The van der Waals surface area contributed by atoms with E-state index in [4.69, 9.17) is 5.26 Å². The maximum Gasteiger partial charge on any atom is 0.246 e. The summed E-state index contributed by atoms with van der Waals surface area (Å²) in [6.07, 6.45) is 3.14. The molecule has 2 rings (SSSR count). The summed E-state index contributed by atoms with van der Waals surface area (Å²) in [5, 5.41) is 18.3. The van der Waals surface area contributed by atoms with Crippen molar-refractivity contribution in [2.24, 2.45) is 0 Å². The van der Waals surface area contributed by atoms with Crippen LogP contribution in [0.5, 0.6) is 0 Å². The molecule has 0 spiro atoms. The van der Waals surface area contributed by atoms with Gasteiger partial charge in [-0.1, -0.05) is 12.1 Å². The fraction of sp³-hybridized carbons (Fsp3) is 0.286. The third kappa shape index (κ3) is 2.76. The van der Waals surface area contributed by atoms with Crippen molar-refractivity contribution in [3.8, 4) is 6.07 Å². The summed E-state index contributed by atoms with van der Waals surface area (Å²) >= 11 is 0. The Morgan fingerprint density at radius 1 is 1.56 bits per heavy atom. The van der Waals surface area contributed by atoms with Gasteiger partial charge in [0, 0.05) is 6.08 Å². The first-order valence-electron chi connectivity index (χ1n) is 5.70. The van der Waals surface area contributed by atoms with Gasteiger partial charge < -0.3 is 10.0 Å². The molecule has 92 valence electrons. The van der Waals surface area contributed by atoms with E-state index >= 15 is 0 Å². The molecular weight excluding hydrogens is 228 g/mol. The van der Waals surface area contributed by atoms with Crippen LogP contribution in [0.25, 0.3) is 6.08 Å². The lowest BCUT2D eigenvalue weighted by molar-refractivity contribution is -0.146. The van der Waals surface area contributed by atoms with E-state index in [-0.39, 0.29) is 5.91 Å². The van der Waals surface area contributed by atoms with E-state index in [9.17, 15) is 9.90 Å². The van der Waals surface area contributed by atoms with Gasteiger partial charge in [-0.05, 0) is 30.7 Å². The van der Waals surface area contributed by atoms with Crippen LogP contribution in [0.3, 0.4) is 0 Å². The minimum absolute atomic E-state index is 0.121. The molecule has 18 heavy (non-hydrogen) atoms. The predicted molar refractivity (Wildman–Crippen MR) is 67.4 cm³/mol. The molecule has 1 aliphatic heterocycles. The van der Waals surface area contributed by atoms with Crippen molar-refractivity contribution >= 4 is 12.0 Å². The molecule has 4 nitrogen and oxygen atoms in total. The van der Waals surface area contributed by atoms with Gasteiger partial charge >= 0.3 is 0 Å². The molecule has 1 saturated heterocycles. The normalized spacial score (nSPS) is 17.3. The van der Waals surface area contributed by atoms with Gasteiger partial charge in [0.2, 0.25) is 5.91 Å². The molecule has 1 aromatic carbocycles. The van der Waals surface area contributed by atoms with Crippen LogP contribution < -0.4 is 0 Å². The van der Waals surface area contributed by atoms with Crippen LogP contribution in [0.1, 0.15) is 18.1 Å². The molecule has 1 fully saturated rings. The lowest BCUT2D eigenvalue weighted by Crippen LogP contribution is -2.61. The van der Waals surface area contributed by atoms with E-state index in [1.54, 1.807) is 36.1 Å². The van der Waals surface area contributed by atoms with Gasteiger partial charge in [-0.15, -0.1) is 0 Å². The van der Waals surface area contributed by atoms with E-state index in [1.807, 2.05) is 12.1 Å². The molecule has 0 atom stereocenters. The number of carbonyl (C=O) groups excluding carboxylic acids is 1. The third-order valence-electron chi connectivity index (χ3n) is 2.81. The number of benzene rings is 1. The Hall–Kier alpha value is -2.12. The number of amides is 1. The van der Waals surface area contributed by atoms with E-state index < -0.39 is 5.60 Å². The monoisotopic (exact) mass is 242 g/mol. The zero-order valence-corrected chi connectivity index (χ0v) is 10.1. The fourth-order valence-corrected chi connectivity index (χ4v) is 1.92. The van der Waals surface area contributed by atoms with Crippen LogP contribution in [0.4, 0.5) is 0 Å². The maximum absolute atomic E-state index is 11.7. The highest BCUT2D eigenvalue weighted by Crippen LogP contribution is 2.20. The SMILES string of the molecule is CC1(O)CN(C(=O)C=Cc2cccc(C#N)c2)C1. The first kappa shape index (κ1) is 12.3. The molecule has 1 amide bonds. The molecule has 0 bridgehead atoms. The number of likely N-dealkylation sites (tertiary alicyclic amines) is 1. The number of rotatable bonds is 2. The molecule has 1 aromatic rings. The molecule has 0 radical (unpaired) electrons. The largest absolute Gasteiger partial charge is 0.386 e. The predicted octanol–water partition coefficient (Wildman–Crippen LogP) is 1.16. The summed E-state index contributed by atoms with van der Waals surface area (Å²) < 4.78 is 0. The van der Waals surface area contributed by atoms with Crippen molar-refractivity contribution in [1.82, 2.24) is 4.90 Å². The summed E-state index contributed by atoms with van der Waals surface area (Å²) in [6, 6.07) is 9.09. The van der Waals surface area contributed by atoms with Crippen LogP contribution in [0.2, 0.25) is 0 Å². The third-order valence-corrected chi connectivity index (χ3v) is 2.81. The smallest absolute Gasteiger partial charge is 0.246 e. The van der Waals surface area contributed by atoms with E-state index in [1.165, 1.54) is 6.08 Å². The second-order valence-electron chi connectivity index (χ2n) is 4.76. The maximum atomic E-state index is 11.7. The standard InChI is InChI=1S/C14H14N2O2/c1-14(18)9-16(10-14)13(17)6-5-11-3-2-4-12(7-11)8-15/h2-7,18H,9-10H2,1H3. The molecule has 0 saturated carbocycles. The first-order valence-corrected chi connectivity index (χ1v) is 5.70. The number of aliphatic hydroxyl groups is 1. The Morgan fingerprint density at radius 3 is 2.89 bits per heavy atom. The lowest BCUT2D eigenvalue weighted by atomic mass is 9.97. The van der Waals surface area contributed by atoms with Gasteiger partial charge in [-0.25, -0.2) is 0 Å². The van der Waals surface area contributed by atoms with Crippen molar-refractivity contribution in [2.75, 3.05) is 13.1 Å². The fourth-order valence-electron chi connectivity index (χ4n) is 1.92. The van der Waals surface area contributed by atoms with E-state index in [0.717, 1.165) is 5.56 Å². The summed E-state index contributed by atoms with van der Waals surface area (Å²) in [6.45, 7) is 2.44. The summed E-state index contributed by atoms with van der Waals surface area (Å²) in [5.74, 6) is -0.121. The van der Waals surface area contributed by atoms with Gasteiger partial charge in [0.1, 0.15) is 0 Å². The molecule has 1 heterocycles. The minimum atomic E-state index is -0.746. The van der Waals surface area contributed by atoms with Crippen LogP contribution in [0.15, 0.2) is 30.3 Å². The van der Waals surface area contributed by atoms with Gasteiger partial charge in [0.15, 0.2) is 0 Å². The van der Waals surface area contributed by atoms with Crippen LogP contribution in [0, 0.1) is 11.3 Å². The van der Waals surface area contributed by atoms with Crippen LogP contribution in [-0.4, -0.2) is 34.6 Å². The van der Waals surface area contributed by atoms with Crippen LogP contribution >= 0.6 is 0 Å². The topological polar surface area (TPSA) is 64.3 Å². The van der Waals surface area contributed by atoms with Crippen molar-refractivity contribution in [3.63, 3.8) is 0 Å². The molecular formula is C14H14N2O2. The zero-order valence-electron chi connectivity index (χ0n) is 10.1. The van der Waals surface area contributed by atoms with E-state index in [0.29, 0.717) is 18.7 Å². The van der Waals surface area contributed by atoms with Gasteiger partial charge in [0.25, 0.3) is 0 Å². The second-order valence-corrected chi connectivity index (χ2v) is 4.76. The molecule has 0 unspecified atom stereocenters. The summed E-state index contributed by atoms with van der Waals surface area (Å²) in [4.78, 5) is 13.3. The Bertz CT molecular complexity index is 533. The van der Waals surface area contributed by atoms with Crippen molar-refractivity contribution < 1.29 is 9.90 Å². The highest BCUT2D eigenvalue weighted by molar-refractivity contribution is 5.92. The number of carbonyl (C=O) groups is 1. The Kier molecular flexibility index (Phi) is 3.17. The number of nitriles is 1. The molecule has 4 heteroatoms. The summed E-state index contributed by atoms with van der Waals surface area (Å²) in [5.41, 5.74) is 0.635.